The van der Waals surface area contributed by atoms with E-state index in [1.54, 1.807) is 0 Å². The molecule has 0 aliphatic carbocycles. The normalized spacial score (nSPS) is 13.1. The van der Waals surface area contributed by atoms with Crippen molar-refractivity contribution in [3.05, 3.63) is 112 Å². The van der Waals surface area contributed by atoms with E-state index in [0.29, 0.717) is 5.56 Å². The van der Waals surface area contributed by atoms with Gasteiger partial charge in [-0.1, -0.05) is 54.6 Å². The molecule has 0 aliphatic heterocycles. The van der Waals surface area contributed by atoms with Crippen LogP contribution in [0.3, 0.4) is 0 Å². The fraction of sp³-hybridized carbons (Fsp3) is 0.200. The summed E-state index contributed by atoms with van der Waals surface area (Å²) in [5, 5.41) is 14.6. The van der Waals surface area contributed by atoms with Gasteiger partial charge in [0.2, 0.25) is 5.89 Å². The molecule has 0 spiro atoms. The minimum absolute atomic E-state index is 0.0148. The number of hydrogen-bond donors (Lipinski definition) is 1. The molecule has 0 saturated carbocycles. The smallest absolute Gasteiger partial charge is 0.389 e. The fourth-order valence-electron chi connectivity index (χ4n) is 3.46. The second kappa shape index (κ2) is 9.72. The lowest BCUT2D eigenvalue weighted by atomic mass is 9.97. The van der Waals surface area contributed by atoms with Gasteiger partial charge in [0.25, 0.3) is 0 Å². The maximum Gasteiger partial charge on any atom is 0.437 e. The lowest BCUT2D eigenvalue weighted by molar-refractivity contribution is -0.00277. The van der Waals surface area contributed by atoms with Gasteiger partial charge in [0.05, 0.1) is 19.3 Å². The molecule has 0 bridgehead atoms. The molecule has 6 nitrogen and oxygen atoms in total. The molecule has 0 amide bonds. The fourth-order valence-corrected chi connectivity index (χ4v) is 3.46. The number of halogens is 1. The van der Waals surface area contributed by atoms with Gasteiger partial charge < -0.3 is 14.3 Å². The monoisotopic (exact) mass is 434 g/mol. The van der Waals surface area contributed by atoms with Crippen LogP contribution in [0.25, 0.3) is 11.5 Å². The molecular formula is C25H23FN2O4. The van der Waals surface area contributed by atoms with Crippen LogP contribution in [0, 0.1) is 12.7 Å². The van der Waals surface area contributed by atoms with E-state index in [9.17, 15) is 14.3 Å². The molecule has 0 saturated heterocycles. The van der Waals surface area contributed by atoms with Crippen molar-refractivity contribution in [3.8, 4) is 11.5 Å². The molecule has 0 radical (unpaired) electrons. The maximum atomic E-state index is 13.1. The summed E-state index contributed by atoms with van der Waals surface area (Å²) in [7, 11) is 0. The molecule has 3 aromatic carbocycles. The van der Waals surface area contributed by atoms with Crippen LogP contribution in [0.5, 0.6) is 0 Å². The van der Waals surface area contributed by atoms with E-state index in [2.05, 4.69) is 5.10 Å². The van der Waals surface area contributed by atoms with E-state index in [-0.39, 0.29) is 25.1 Å². The highest BCUT2D eigenvalue weighted by atomic mass is 19.1. The van der Waals surface area contributed by atoms with Crippen molar-refractivity contribution in [1.82, 2.24) is 9.78 Å². The second-order valence-electron chi connectivity index (χ2n) is 7.50. The summed E-state index contributed by atoms with van der Waals surface area (Å²) in [6.45, 7) is 1.90. The molecule has 1 heterocycles. The molecule has 32 heavy (non-hydrogen) atoms. The average molecular weight is 434 g/mol. The Balaban J connectivity index is 1.47. The topological polar surface area (TPSA) is 77.5 Å². The quantitative estimate of drug-likeness (QED) is 0.451. The predicted molar refractivity (Wildman–Crippen MR) is 118 cm³/mol. The van der Waals surface area contributed by atoms with Crippen molar-refractivity contribution in [2.75, 3.05) is 6.61 Å². The molecule has 1 aromatic heterocycles. The summed E-state index contributed by atoms with van der Waals surface area (Å²) >= 11 is 0. The zero-order chi connectivity index (χ0) is 22.5. The van der Waals surface area contributed by atoms with Gasteiger partial charge in [0.1, 0.15) is 11.9 Å². The van der Waals surface area contributed by atoms with E-state index in [4.69, 9.17) is 9.15 Å². The molecule has 1 N–H and O–H groups in total. The second-order valence-corrected chi connectivity index (χ2v) is 7.50. The third-order valence-electron chi connectivity index (χ3n) is 5.11. The van der Waals surface area contributed by atoms with E-state index < -0.39 is 17.7 Å². The molecule has 7 heteroatoms. The molecule has 164 valence electrons. The van der Waals surface area contributed by atoms with Crippen molar-refractivity contribution in [2.45, 2.75) is 25.7 Å². The first-order chi connectivity index (χ1) is 15.5. The van der Waals surface area contributed by atoms with Crippen LogP contribution >= 0.6 is 0 Å². The van der Waals surface area contributed by atoms with Crippen molar-refractivity contribution in [2.24, 2.45) is 0 Å². The highest BCUT2D eigenvalue weighted by Crippen LogP contribution is 2.28. The summed E-state index contributed by atoms with van der Waals surface area (Å²) < 4.78 is 25.4. The summed E-state index contributed by atoms with van der Waals surface area (Å²) in [6, 6.07) is 23.1. The van der Waals surface area contributed by atoms with Gasteiger partial charge in [-0.15, -0.1) is 5.10 Å². The standard InChI is InChI=1S/C25H23FN2O4/c1-17-7-5-6-10-22(17)23(18-8-3-2-4-9-18)31-16-21(29)15-28-25(30)32-24(27-28)19-11-13-20(26)14-12-19/h2-14,21,23,29H,15-16H2,1H3. The van der Waals surface area contributed by atoms with E-state index in [1.807, 2.05) is 61.5 Å². The number of aryl methyl sites for hydroxylation is 1. The van der Waals surface area contributed by atoms with Gasteiger partial charge in [-0.3, -0.25) is 0 Å². The van der Waals surface area contributed by atoms with E-state index in [1.165, 1.54) is 24.3 Å². The predicted octanol–water partition coefficient (Wildman–Crippen LogP) is 4.12. The minimum atomic E-state index is -0.992. The van der Waals surface area contributed by atoms with Crippen molar-refractivity contribution < 1.29 is 18.7 Å². The highest BCUT2D eigenvalue weighted by Gasteiger charge is 2.20. The Hall–Kier alpha value is -3.55. The largest absolute Gasteiger partial charge is 0.437 e. The number of aliphatic hydroxyl groups excluding tert-OH is 1. The Bertz CT molecular complexity index is 1220. The molecule has 4 aromatic rings. The van der Waals surface area contributed by atoms with Gasteiger partial charge in [0.15, 0.2) is 0 Å². The third kappa shape index (κ3) is 5.01. The van der Waals surface area contributed by atoms with E-state index in [0.717, 1.165) is 21.4 Å². The van der Waals surface area contributed by atoms with Crippen LogP contribution in [-0.4, -0.2) is 27.6 Å². The van der Waals surface area contributed by atoms with Crippen LogP contribution in [0.1, 0.15) is 22.8 Å². The Morgan fingerprint density at radius 1 is 1.03 bits per heavy atom. The van der Waals surface area contributed by atoms with Gasteiger partial charge >= 0.3 is 5.76 Å². The molecule has 2 atom stereocenters. The number of nitrogens with zero attached hydrogens (tertiary/aromatic N) is 2. The van der Waals surface area contributed by atoms with Gasteiger partial charge in [-0.25, -0.2) is 9.18 Å². The van der Waals surface area contributed by atoms with Gasteiger partial charge in [0, 0.05) is 5.56 Å². The maximum absolute atomic E-state index is 13.1. The summed E-state index contributed by atoms with van der Waals surface area (Å²) in [4.78, 5) is 12.1. The first-order valence-corrected chi connectivity index (χ1v) is 10.3. The molecular weight excluding hydrogens is 411 g/mol. The van der Waals surface area contributed by atoms with Crippen LogP contribution in [0.2, 0.25) is 0 Å². The number of aromatic nitrogens is 2. The van der Waals surface area contributed by atoms with Gasteiger partial charge in [-0.05, 0) is 47.9 Å². The SMILES string of the molecule is Cc1ccccc1C(OCC(O)Cn1nc(-c2ccc(F)cc2)oc1=O)c1ccccc1. The van der Waals surface area contributed by atoms with Crippen LogP contribution in [-0.2, 0) is 11.3 Å². The minimum Gasteiger partial charge on any atom is -0.389 e. The Morgan fingerprint density at radius 2 is 1.72 bits per heavy atom. The Kier molecular flexibility index (Phi) is 6.58. The van der Waals surface area contributed by atoms with Crippen molar-refractivity contribution in [3.63, 3.8) is 0 Å². The molecule has 2 unspecified atom stereocenters. The van der Waals surface area contributed by atoms with Gasteiger partial charge in [-0.2, -0.15) is 4.68 Å². The average Bonchev–Trinajstić information content (AvgIpc) is 3.16. The first kappa shape index (κ1) is 21.7. The number of aliphatic hydroxyl groups is 1. The first-order valence-electron chi connectivity index (χ1n) is 10.3. The lowest BCUT2D eigenvalue weighted by Crippen LogP contribution is -2.28. The van der Waals surface area contributed by atoms with Crippen molar-refractivity contribution >= 4 is 0 Å². The number of hydrogen-bond acceptors (Lipinski definition) is 5. The summed E-state index contributed by atoms with van der Waals surface area (Å²) in [5.41, 5.74) is 3.51. The van der Waals surface area contributed by atoms with E-state index >= 15 is 0 Å². The molecule has 4 rings (SSSR count). The molecule has 0 fully saturated rings. The molecule has 0 aliphatic rings. The third-order valence-corrected chi connectivity index (χ3v) is 5.11. The van der Waals surface area contributed by atoms with Crippen molar-refractivity contribution in [1.29, 1.82) is 0 Å². The highest BCUT2D eigenvalue weighted by molar-refractivity contribution is 5.51. The van der Waals surface area contributed by atoms with Crippen LogP contribution < -0.4 is 5.76 Å². The van der Waals surface area contributed by atoms with Crippen LogP contribution in [0.4, 0.5) is 4.39 Å². The number of rotatable bonds is 8. The summed E-state index contributed by atoms with van der Waals surface area (Å²) in [6.07, 6.45) is -1.36. The number of ether oxygens (including phenoxy) is 1. The summed E-state index contributed by atoms with van der Waals surface area (Å²) in [5.74, 6) is -1.04. The zero-order valence-corrected chi connectivity index (χ0v) is 17.5. The van der Waals surface area contributed by atoms with Crippen LogP contribution in [0.15, 0.2) is 88.1 Å². The number of benzene rings is 3. The lowest BCUT2D eigenvalue weighted by Gasteiger charge is -2.22. The zero-order valence-electron chi connectivity index (χ0n) is 17.5. The Morgan fingerprint density at radius 3 is 2.44 bits per heavy atom. The Labute approximate surface area is 184 Å².